The molecule has 0 spiro atoms. The van der Waals surface area contributed by atoms with E-state index in [0.29, 0.717) is 41.5 Å². The Morgan fingerprint density at radius 2 is 1.96 bits per heavy atom. The number of ether oxygens (including phenoxy) is 1. The van der Waals surface area contributed by atoms with Crippen molar-refractivity contribution in [3.63, 3.8) is 0 Å². The van der Waals surface area contributed by atoms with Crippen LogP contribution in [0.2, 0.25) is 0 Å². The lowest BCUT2D eigenvalue weighted by atomic mass is 10.0. The largest absolute Gasteiger partial charge is 0.487 e. The highest BCUT2D eigenvalue weighted by Gasteiger charge is 2.27. The summed E-state index contributed by atoms with van der Waals surface area (Å²) in [5.41, 5.74) is 1.82. The van der Waals surface area contributed by atoms with Gasteiger partial charge in [-0.3, -0.25) is 14.7 Å². The summed E-state index contributed by atoms with van der Waals surface area (Å²) in [6.45, 7) is 0.583. The fraction of sp³-hybridized carbons (Fsp3) is 0.150. The molecule has 1 aliphatic heterocycles. The van der Waals surface area contributed by atoms with Gasteiger partial charge in [0.05, 0.1) is 23.1 Å². The highest BCUT2D eigenvalue weighted by molar-refractivity contribution is 6.07. The SMILES string of the molecule is O=C1c2ccc(COc3cccc(F)c3)nc2CCN1c1ccc(F)cn1. The Morgan fingerprint density at radius 1 is 1.07 bits per heavy atom. The maximum absolute atomic E-state index is 13.2. The van der Waals surface area contributed by atoms with Crippen molar-refractivity contribution in [1.29, 1.82) is 0 Å². The number of carbonyl (C=O) groups is 1. The summed E-state index contributed by atoms with van der Waals surface area (Å²) in [6, 6.07) is 12.0. The number of carbonyl (C=O) groups excluding carboxylic acids is 1. The lowest BCUT2D eigenvalue weighted by Gasteiger charge is -2.27. The zero-order valence-corrected chi connectivity index (χ0v) is 14.2. The molecular formula is C20H15F2N3O2. The van der Waals surface area contributed by atoms with Crippen molar-refractivity contribution < 1.29 is 18.3 Å². The lowest BCUT2D eigenvalue weighted by Crippen LogP contribution is -2.38. The number of benzene rings is 1. The van der Waals surface area contributed by atoms with E-state index in [2.05, 4.69) is 9.97 Å². The second kappa shape index (κ2) is 7.11. The summed E-state index contributed by atoms with van der Waals surface area (Å²) < 4.78 is 31.8. The Labute approximate surface area is 154 Å². The van der Waals surface area contributed by atoms with Crippen LogP contribution in [-0.2, 0) is 13.0 Å². The van der Waals surface area contributed by atoms with Crippen molar-refractivity contribution in [2.24, 2.45) is 0 Å². The monoisotopic (exact) mass is 367 g/mol. The number of hydrogen-bond donors (Lipinski definition) is 0. The van der Waals surface area contributed by atoms with Crippen LogP contribution in [0.1, 0.15) is 21.7 Å². The van der Waals surface area contributed by atoms with Crippen LogP contribution >= 0.6 is 0 Å². The molecule has 7 heteroatoms. The van der Waals surface area contributed by atoms with Crippen LogP contribution < -0.4 is 9.64 Å². The van der Waals surface area contributed by atoms with E-state index in [1.807, 2.05) is 0 Å². The van der Waals surface area contributed by atoms with Crippen LogP contribution in [0.3, 0.4) is 0 Å². The molecule has 0 aliphatic carbocycles. The maximum atomic E-state index is 13.2. The van der Waals surface area contributed by atoms with E-state index >= 15 is 0 Å². The second-order valence-corrected chi connectivity index (χ2v) is 6.08. The van der Waals surface area contributed by atoms with E-state index in [1.165, 1.54) is 29.2 Å². The highest BCUT2D eigenvalue weighted by atomic mass is 19.1. The third-order valence-electron chi connectivity index (χ3n) is 4.25. The molecule has 0 radical (unpaired) electrons. The Morgan fingerprint density at radius 3 is 2.74 bits per heavy atom. The quantitative estimate of drug-likeness (QED) is 0.708. The minimum absolute atomic E-state index is 0.175. The summed E-state index contributed by atoms with van der Waals surface area (Å²) in [5, 5.41) is 0. The van der Waals surface area contributed by atoms with Gasteiger partial charge in [-0.1, -0.05) is 6.07 Å². The Hall–Kier alpha value is -3.35. The van der Waals surface area contributed by atoms with Crippen LogP contribution in [0.5, 0.6) is 5.75 Å². The number of amides is 1. The normalized spacial score (nSPS) is 13.4. The fourth-order valence-electron chi connectivity index (χ4n) is 2.94. The fourth-order valence-corrected chi connectivity index (χ4v) is 2.94. The Balaban J connectivity index is 1.50. The topological polar surface area (TPSA) is 55.3 Å². The highest BCUT2D eigenvalue weighted by Crippen LogP contribution is 2.23. The van der Waals surface area contributed by atoms with E-state index < -0.39 is 5.82 Å². The molecule has 5 nitrogen and oxygen atoms in total. The van der Waals surface area contributed by atoms with Gasteiger partial charge in [-0.05, 0) is 36.4 Å². The molecule has 0 atom stereocenters. The molecular weight excluding hydrogens is 352 g/mol. The van der Waals surface area contributed by atoms with Crippen molar-refractivity contribution in [2.45, 2.75) is 13.0 Å². The average Bonchev–Trinajstić information content (AvgIpc) is 2.68. The number of nitrogens with zero attached hydrogens (tertiary/aromatic N) is 3. The smallest absolute Gasteiger partial charge is 0.261 e. The van der Waals surface area contributed by atoms with Gasteiger partial charge in [0.1, 0.15) is 29.8 Å². The minimum Gasteiger partial charge on any atom is -0.487 e. The van der Waals surface area contributed by atoms with Gasteiger partial charge in [-0.25, -0.2) is 13.8 Å². The number of halogens is 2. The third kappa shape index (κ3) is 3.62. The van der Waals surface area contributed by atoms with Crippen molar-refractivity contribution in [2.75, 3.05) is 11.4 Å². The number of aromatic nitrogens is 2. The first-order chi connectivity index (χ1) is 13.1. The first kappa shape index (κ1) is 17.1. The van der Waals surface area contributed by atoms with Crippen molar-refractivity contribution in [3.05, 3.63) is 83.3 Å². The third-order valence-corrected chi connectivity index (χ3v) is 4.25. The van der Waals surface area contributed by atoms with E-state index in [1.54, 1.807) is 24.3 Å². The van der Waals surface area contributed by atoms with Gasteiger partial charge in [0.2, 0.25) is 0 Å². The van der Waals surface area contributed by atoms with Crippen LogP contribution in [0.15, 0.2) is 54.7 Å². The van der Waals surface area contributed by atoms with Crippen LogP contribution in [-0.4, -0.2) is 22.4 Å². The number of hydrogen-bond acceptors (Lipinski definition) is 4. The Bertz CT molecular complexity index is 993. The molecule has 0 saturated carbocycles. The van der Waals surface area contributed by atoms with E-state index in [9.17, 15) is 13.6 Å². The summed E-state index contributed by atoms with van der Waals surface area (Å²) >= 11 is 0. The molecule has 1 amide bonds. The van der Waals surface area contributed by atoms with Gasteiger partial charge in [-0.15, -0.1) is 0 Å². The lowest BCUT2D eigenvalue weighted by molar-refractivity contribution is 0.0978. The second-order valence-electron chi connectivity index (χ2n) is 6.08. The van der Waals surface area contributed by atoms with Crippen molar-refractivity contribution in [3.8, 4) is 5.75 Å². The summed E-state index contributed by atoms with van der Waals surface area (Å²) in [5.74, 6) is -0.218. The first-order valence-electron chi connectivity index (χ1n) is 8.41. The van der Waals surface area contributed by atoms with E-state index in [-0.39, 0.29) is 18.3 Å². The zero-order chi connectivity index (χ0) is 18.8. The molecule has 0 N–H and O–H groups in total. The average molecular weight is 367 g/mol. The van der Waals surface area contributed by atoms with E-state index in [0.717, 1.165) is 6.20 Å². The maximum Gasteiger partial charge on any atom is 0.261 e. The number of fused-ring (bicyclic) bond motifs is 1. The molecule has 3 aromatic rings. The molecule has 1 aliphatic rings. The summed E-state index contributed by atoms with van der Waals surface area (Å²) in [7, 11) is 0. The Kier molecular flexibility index (Phi) is 4.50. The van der Waals surface area contributed by atoms with Crippen LogP contribution in [0, 0.1) is 11.6 Å². The molecule has 136 valence electrons. The number of rotatable bonds is 4. The zero-order valence-electron chi connectivity index (χ0n) is 14.2. The van der Waals surface area contributed by atoms with Gasteiger partial charge < -0.3 is 4.74 Å². The summed E-state index contributed by atoms with van der Waals surface area (Å²) in [4.78, 5) is 22.7. The number of pyridine rings is 2. The standard InChI is InChI=1S/C20H15F2N3O2/c21-13-2-1-3-16(10-13)27-12-15-5-6-17-18(24-15)8-9-25(20(17)26)19-7-4-14(22)11-23-19/h1-7,10-11H,8-9,12H2. The van der Waals surface area contributed by atoms with Crippen molar-refractivity contribution in [1.82, 2.24) is 9.97 Å². The van der Waals surface area contributed by atoms with E-state index in [4.69, 9.17) is 4.74 Å². The molecule has 4 rings (SSSR count). The van der Waals surface area contributed by atoms with Gasteiger partial charge in [0.15, 0.2) is 0 Å². The first-order valence-corrected chi connectivity index (χ1v) is 8.41. The molecule has 2 aromatic heterocycles. The predicted molar refractivity (Wildman–Crippen MR) is 94.5 cm³/mol. The molecule has 3 heterocycles. The minimum atomic E-state index is -0.451. The molecule has 0 saturated heterocycles. The van der Waals surface area contributed by atoms with Gasteiger partial charge >= 0.3 is 0 Å². The molecule has 0 bridgehead atoms. The molecule has 0 fully saturated rings. The van der Waals surface area contributed by atoms with Gasteiger partial charge in [0, 0.05) is 19.0 Å². The van der Waals surface area contributed by atoms with Crippen molar-refractivity contribution >= 4 is 11.7 Å². The van der Waals surface area contributed by atoms with Gasteiger partial charge in [-0.2, -0.15) is 0 Å². The summed E-state index contributed by atoms with van der Waals surface area (Å²) in [6.07, 6.45) is 1.64. The van der Waals surface area contributed by atoms with Gasteiger partial charge in [0.25, 0.3) is 5.91 Å². The number of anilines is 1. The molecule has 0 unspecified atom stereocenters. The predicted octanol–water partition coefficient (Wildman–Crippen LogP) is 3.54. The van der Waals surface area contributed by atoms with Crippen LogP contribution in [0.4, 0.5) is 14.6 Å². The van der Waals surface area contributed by atoms with Crippen LogP contribution in [0.25, 0.3) is 0 Å². The molecule has 1 aromatic carbocycles. The molecule has 27 heavy (non-hydrogen) atoms.